The molecule has 0 unspecified atom stereocenters. The third-order valence-electron chi connectivity index (χ3n) is 6.08. The third kappa shape index (κ3) is 3.76. The van der Waals surface area contributed by atoms with Crippen LogP contribution in [0, 0.1) is 5.41 Å². The molecule has 1 heterocycles. The Bertz CT molecular complexity index is 939. The number of para-hydroxylation sites is 2. The van der Waals surface area contributed by atoms with Crippen molar-refractivity contribution in [3.8, 4) is 0 Å². The van der Waals surface area contributed by atoms with Gasteiger partial charge in [0.25, 0.3) is 0 Å². The minimum Gasteiger partial charge on any atom is -0.372 e. The number of benzene rings is 2. The Balaban J connectivity index is 1.79. The summed E-state index contributed by atoms with van der Waals surface area (Å²) in [6.07, 6.45) is 1.46. The van der Waals surface area contributed by atoms with Crippen LogP contribution < -0.4 is 15.5 Å². The molecule has 0 radical (unpaired) electrons. The molecule has 29 heavy (non-hydrogen) atoms. The van der Waals surface area contributed by atoms with Crippen LogP contribution in [0.5, 0.6) is 0 Å². The lowest BCUT2D eigenvalue weighted by Gasteiger charge is -2.34. The maximum Gasteiger partial charge on any atom is 0.163 e. The van der Waals surface area contributed by atoms with Crippen LogP contribution in [0.2, 0.25) is 0 Å². The summed E-state index contributed by atoms with van der Waals surface area (Å²) in [6.45, 7) is 10.7. The number of Topliss-reactive ketones (excluding diaryl/α,β-unsaturated/α-hetero) is 1. The van der Waals surface area contributed by atoms with Gasteiger partial charge in [-0.25, -0.2) is 0 Å². The van der Waals surface area contributed by atoms with Crippen molar-refractivity contribution < 1.29 is 4.79 Å². The van der Waals surface area contributed by atoms with Crippen LogP contribution in [0.15, 0.2) is 59.8 Å². The second-order valence-corrected chi connectivity index (χ2v) is 8.84. The number of fused-ring (bicyclic) bond motifs is 1. The molecule has 2 aromatic rings. The Kier molecular flexibility index (Phi) is 5.12. The van der Waals surface area contributed by atoms with Gasteiger partial charge in [-0.05, 0) is 55.5 Å². The summed E-state index contributed by atoms with van der Waals surface area (Å²) in [5, 5.41) is 7.24. The van der Waals surface area contributed by atoms with Crippen LogP contribution in [-0.4, -0.2) is 18.9 Å². The highest BCUT2D eigenvalue weighted by Gasteiger charge is 2.38. The summed E-state index contributed by atoms with van der Waals surface area (Å²) in [7, 11) is 0. The monoisotopic (exact) mass is 389 g/mol. The quantitative estimate of drug-likeness (QED) is 0.698. The minimum atomic E-state index is -0.143. The topological polar surface area (TPSA) is 44.4 Å². The zero-order valence-corrected chi connectivity index (χ0v) is 17.9. The van der Waals surface area contributed by atoms with Gasteiger partial charge in [0.15, 0.2) is 5.78 Å². The van der Waals surface area contributed by atoms with E-state index in [-0.39, 0.29) is 17.2 Å². The summed E-state index contributed by atoms with van der Waals surface area (Å²) in [6, 6.07) is 16.7. The fourth-order valence-corrected chi connectivity index (χ4v) is 4.61. The Hall–Kier alpha value is -2.75. The number of rotatable bonds is 4. The van der Waals surface area contributed by atoms with Gasteiger partial charge in [0.2, 0.25) is 0 Å². The highest BCUT2D eigenvalue weighted by atomic mass is 16.1. The predicted molar refractivity (Wildman–Crippen MR) is 121 cm³/mol. The van der Waals surface area contributed by atoms with Crippen LogP contribution in [0.4, 0.5) is 17.1 Å². The summed E-state index contributed by atoms with van der Waals surface area (Å²) in [5.41, 5.74) is 6.33. The molecule has 0 saturated heterocycles. The van der Waals surface area contributed by atoms with Crippen LogP contribution in [0.25, 0.3) is 0 Å². The molecule has 0 spiro atoms. The molecule has 0 saturated carbocycles. The zero-order valence-electron chi connectivity index (χ0n) is 17.9. The lowest BCUT2D eigenvalue weighted by atomic mass is 9.73. The van der Waals surface area contributed by atoms with E-state index < -0.39 is 0 Å². The number of hydrogen-bond donors (Lipinski definition) is 2. The molecule has 2 aromatic carbocycles. The SMILES string of the molecule is CCN(CC)c1ccc([C@@H]2Nc3ccccc3NC3=C2C(=O)CC(C)(C)C3)cc1. The molecule has 0 fully saturated rings. The summed E-state index contributed by atoms with van der Waals surface area (Å²) < 4.78 is 0. The molecule has 1 aliphatic carbocycles. The Morgan fingerprint density at radius 1 is 0.966 bits per heavy atom. The highest BCUT2D eigenvalue weighted by molar-refractivity contribution is 6.01. The van der Waals surface area contributed by atoms with Crippen LogP contribution in [-0.2, 0) is 4.79 Å². The molecule has 152 valence electrons. The van der Waals surface area contributed by atoms with Crippen molar-refractivity contribution in [2.75, 3.05) is 28.6 Å². The van der Waals surface area contributed by atoms with Crippen molar-refractivity contribution >= 4 is 22.8 Å². The van der Waals surface area contributed by atoms with Gasteiger partial charge in [-0.1, -0.05) is 38.1 Å². The number of nitrogens with zero attached hydrogens (tertiary/aromatic N) is 1. The van der Waals surface area contributed by atoms with Gasteiger partial charge in [-0.2, -0.15) is 0 Å². The lowest BCUT2D eigenvalue weighted by Crippen LogP contribution is -2.31. The van der Waals surface area contributed by atoms with Crippen molar-refractivity contribution in [1.29, 1.82) is 0 Å². The fourth-order valence-electron chi connectivity index (χ4n) is 4.61. The molecule has 4 heteroatoms. The van der Waals surface area contributed by atoms with Gasteiger partial charge in [0.05, 0.1) is 17.4 Å². The molecule has 2 aliphatic rings. The molecule has 1 aliphatic heterocycles. The number of hydrogen-bond acceptors (Lipinski definition) is 4. The Morgan fingerprint density at radius 3 is 2.28 bits per heavy atom. The van der Waals surface area contributed by atoms with Gasteiger partial charge >= 0.3 is 0 Å². The molecule has 4 nitrogen and oxygen atoms in total. The highest BCUT2D eigenvalue weighted by Crippen LogP contribution is 2.45. The first kappa shape index (κ1) is 19.6. The summed E-state index contributed by atoms with van der Waals surface area (Å²) in [4.78, 5) is 15.6. The second kappa shape index (κ2) is 7.58. The molecular weight excluding hydrogens is 358 g/mol. The molecule has 0 amide bonds. The Morgan fingerprint density at radius 2 is 1.62 bits per heavy atom. The first-order valence-corrected chi connectivity index (χ1v) is 10.7. The van der Waals surface area contributed by atoms with E-state index >= 15 is 0 Å². The van der Waals surface area contributed by atoms with E-state index in [0.29, 0.717) is 6.42 Å². The van der Waals surface area contributed by atoms with E-state index in [4.69, 9.17) is 0 Å². The molecule has 4 rings (SSSR count). The summed E-state index contributed by atoms with van der Waals surface area (Å²) in [5.74, 6) is 0.238. The summed E-state index contributed by atoms with van der Waals surface area (Å²) >= 11 is 0. The van der Waals surface area contributed by atoms with E-state index in [1.165, 1.54) is 5.69 Å². The average Bonchev–Trinajstić information content (AvgIpc) is 2.85. The van der Waals surface area contributed by atoms with E-state index in [1.807, 2.05) is 12.1 Å². The van der Waals surface area contributed by atoms with Gasteiger partial charge < -0.3 is 15.5 Å². The largest absolute Gasteiger partial charge is 0.372 e. The van der Waals surface area contributed by atoms with Crippen molar-refractivity contribution in [1.82, 2.24) is 0 Å². The maximum absolute atomic E-state index is 13.3. The van der Waals surface area contributed by atoms with Crippen LogP contribution in [0.1, 0.15) is 52.1 Å². The van der Waals surface area contributed by atoms with Crippen molar-refractivity contribution in [3.05, 3.63) is 65.4 Å². The van der Waals surface area contributed by atoms with Gasteiger partial charge in [-0.3, -0.25) is 4.79 Å². The normalized spacial score (nSPS) is 20.1. The maximum atomic E-state index is 13.3. The molecule has 0 aromatic heterocycles. The number of carbonyl (C=O) groups excluding carboxylic acids is 1. The number of ketones is 1. The average molecular weight is 390 g/mol. The van der Waals surface area contributed by atoms with Crippen LogP contribution in [0.3, 0.4) is 0 Å². The van der Waals surface area contributed by atoms with Gasteiger partial charge in [0.1, 0.15) is 0 Å². The van der Waals surface area contributed by atoms with Crippen molar-refractivity contribution in [2.45, 2.75) is 46.6 Å². The van der Waals surface area contributed by atoms with E-state index in [0.717, 1.165) is 47.7 Å². The Labute approximate surface area is 174 Å². The molecular formula is C25H31N3O. The fraction of sp³-hybridized carbons (Fsp3) is 0.400. The number of carbonyl (C=O) groups is 1. The lowest BCUT2D eigenvalue weighted by molar-refractivity contribution is -0.118. The standard InChI is InChI=1S/C25H31N3O/c1-5-28(6-2)18-13-11-17(12-14-18)24-23-21(15-25(3,4)16-22(23)29)26-19-9-7-8-10-20(19)27-24/h7-14,24,26-27H,5-6,15-16H2,1-4H3/t24-/m0/s1. The molecule has 1 atom stereocenters. The molecule has 2 N–H and O–H groups in total. The molecule has 0 bridgehead atoms. The van der Waals surface area contributed by atoms with Crippen molar-refractivity contribution in [3.63, 3.8) is 0 Å². The minimum absolute atomic E-state index is 0.0284. The first-order valence-electron chi connectivity index (χ1n) is 10.7. The zero-order chi connectivity index (χ0) is 20.6. The first-order chi connectivity index (χ1) is 13.9. The van der Waals surface area contributed by atoms with Gasteiger partial charge in [0, 0.05) is 36.5 Å². The number of nitrogens with one attached hydrogen (secondary N) is 2. The van der Waals surface area contributed by atoms with Crippen LogP contribution >= 0.6 is 0 Å². The van der Waals surface area contributed by atoms with Crippen molar-refractivity contribution in [2.24, 2.45) is 5.41 Å². The second-order valence-electron chi connectivity index (χ2n) is 8.84. The number of anilines is 3. The number of allylic oxidation sites excluding steroid dienone is 1. The van der Waals surface area contributed by atoms with E-state index in [9.17, 15) is 4.79 Å². The van der Waals surface area contributed by atoms with Gasteiger partial charge in [-0.15, -0.1) is 0 Å². The third-order valence-corrected chi connectivity index (χ3v) is 6.08. The van der Waals surface area contributed by atoms with E-state index in [1.54, 1.807) is 0 Å². The smallest absolute Gasteiger partial charge is 0.163 e. The predicted octanol–water partition coefficient (Wildman–Crippen LogP) is 5.75. The van der Waals surface area contributed by atoms with E-state index in [2.05, 4.69) is 79.6 Å².